The highest BCUT2D eigenvalue weighted by molar-refractivity contribution is 14.1. The van der Waals surface area contributed by atoms with Gasteiger partial charge in [-0.05, 0) is 43.5 Å². The van der Waals surface area contributed by atoms with E-state index in [9.17, 15) is 0 Å². The summed E-state index contributed by atoms with van der Waals surface area (Å²) in [5.74, 6) is 0.993. The van der Waals surface area contributed by atoms with Crippen molar-refractivity contribution in [3.63, 3.8) is 0 Å². The standard InChI is InChI=1S/C11H15IO/c1-9-4-5-11(8-10(9)2)13-7-3-6-12/h4-5,8H,3,6-7H2,1-2H3. The molecular weight excluding hydrogens is 275 g/mol. The molecule has 13 heavy (non-hydrogen) atoms. The van der Waals surface area contributed by atoms with Crippen molar-refractivity contribution in [3.8, 4) is 5.75 Å². The Hall–Kier alpha value is -0.250. The molecule has 72 valence electrons. The van der Waals surface area contributed by atoms with E-state index in [1.54, 1.807) is 0 Å². The Balaban J connectivity index is 2.53. The van der Waals surface area contributed by atoms with E-state index in [1.165, 1.54) is 11.1 Å². The molecule has 1 nitrogen and oxygen atoms in total. The maximum Gasteiger partial charge on any atom is 0.119 e. The van der Waals surface area contributed by atoms with Gasteiger partial charge in [0.25, 0.3) is 0 Å². The lowest BCUT2D eigenvalue weighted by molar-refractivity contribution is 0.319. The largest absolute Gasteiger partial charge is 0.494 e. The fraction of sp³-hybridized carbons (Fsp3) is 0.455. The summed E-state index contributed by atoms with van der Waals surface area (Å²) < 4.78 is 6.73. The number of rotatable bonds is 4. The van der Waals surface area contributed by atoms with Gasteiger partial charge in [0, 0.05) is 4.43 Å². The van der Waals surface area contributed by atoms with E-state index in [1.807, 2.05) is 6.07 Å². The molecule has 0 bridgehead atoms. The van der Waals surface area contributed by atoms with Crippen LogP contribution in [0.5, 0.6) is 5.75 Å². The van der Waals surface area contributed by atoms with Crippen molar-refractivity contribution in [2.24, 2.45) is 0 Å². The highest BCUT2D eigenvalue weighted by atomic mass is 127. The number of ether oxygens (including phenoxy) is 1. The number of benzene rings is 1. The second-order valence-electron chi connectivity index (χ2n) is 3.14. The van der Waals surface area contributed by atoms with Crippen molar-refractivity contribution >= 4 is 22.6 Å². The van der Waals surface area contributed by atoms with Gasteiger partial charge in [-0.1, -0.05) is 28.7 Å². The van der Waals surface area contributed by atoms with Crippen LogP contribution in [-0.4, -0.2) is 11.0 Å². The van der Waals surface area contributed by atoms with Crippen LogP contribution in [-0.2, 0) is 0 Å². The zero-order valence-electron chi connectivity index (χ0n) is 8.14. The van der Waals surface area contributed by atoms with Gasteiger partial charge in [0.05, 0.1) is 6.61 Å². The monoisotopic (exact) mass is 290 g/mol. The van der Waals surface area contributed by atoms with Gasteiger partial charge in [-0.25, -0.2) is 0 Å². The van der Waals surface area contributed by atoms with E-state index in [0.29, 0.717) is 0 Å². The van der Waals surface area contributed by atoms with Crippen molar-refractivity contribution in [1.29, 1.82) is 0 Å². The molecule has 0 saturated carbocycles. The Morgan fingerprint density at radius 1 is 1.23 bits per heavy atom. The molecule has 0 N–H and O–H groups in total. The van der Waals surface area contributed by atoms with Gasteiger partial charge in [-0.2, -0.15) is 0 Å². The fourth-order valence-electron chi connectivity index (χ4n) is 1.05. The molecule has 0 amide bonds. The Morgan fingerprint density at radius 3 is 2.62 bits per heavy atom. The summed E-state index contributed by atoms with van der Waals surface area (Å²) in [7, 11) is 0. The lowest BCUT2D eigenvalue weighted by Crippen LogP contribution is -1.97. The van der Waals surface area contributed by atoms with Crippen LogP contribution in [0.2, 0.25) is 0 Å². The predicted molar refractivity (Wildman–Crippen MR) is 64.9 cm³/mol. The van der Waals surface area contributed by atoms with Crippen LogP contribution in [0.25, 0.3) is 0 Å². The summed E-state index contributed by atoms with van der Waals surface area (Å²) in [5.41, 5.74) is 2.62. The summed E-state index contributed by atoms with van der Waals surface area (Å²) in [6, 6.07) is 6.24. The van der Waals surface area contributed by atoms with E-state index < -0.39 is 0 Å². The molecule has 1 aromatic carbocycles. The topological polar surface area (TPSA) is 9.23 Å². The number of hydrogen-bond donors (Lipinski definition) is 0. The van der Waals surface area contributed by atoms with E-state index >= 15 is 0 Å². The molecular formula is C11H15IO. The zero-order valence-corrected chi connectivity index (χ0v) is 10.3. The lowest BCUT2D eigenvalue weighted by Gasteiger charge is -2.06. The average molecular weight is 290 g/mol. The molecule has 0 atom stereocenters. The molecule has 0 heterocycles. The minimum Gasteiger partial charge on any atom is -0.494 e. The molecule has 0 aliphatic rings. The predicted octanol–water partition coefficient (Wildman–Crippen LogP) is 3.51. The molecule has 0 aliphatic heterocycles. The van der Waals surface area contributed by atoms with Gasteiger partial charge in [0.15, 0.2) is 0 Å². The zero-order chi connectivity index (χ0) is 9.68. The van der Waals surface area contributed by atoms with E-state index in [-0.39, 0.29) is 0 Å². The molecule has 1 aromatic rings. The molecule has 0 aliphatic carbocycles. The maximum atomic E-state index is 5.58. The number of aryl methyl sites for hydroxylation is 2. The second kappa shape index (κ2) is 5.47. The highest BCUT2D eigenvalue weighted by Gasteiger charge is 1.96. The van der Waals surface area contributed by atoms with Crippen LogP contribution in [0.15, 0.2) is 18.2 Å². The van der Waals surface area contributed by atoms with Crippen molar-refractivity contribution in [2.75, 3.05) is 11.0 Å². The third-order valence-electron chi connectivity index (χ3n) is 2.03. The first kappa shape index (κ1) is 10.8. The molecule has 1 rings (SSSR count). The average Bonchev–Trinajstić information content (AvgIpc) is 2.12. The first-order chi connectivity index (χ1) is 6.24. The molecule has 0 radical (unpaired) electrons. The van der Waals surface area contributed by atoms with Crippen LogP contribution < -0.4 is 4.74 Å². The minimum atomic E-state index is 0.825. The number of hydrogen-bond acceptors (Lipinski definition) is 1. The molecule has 0 aromatic heterocycles. The van der Waals surface area contributed by atoms with Crippen LogP contribution >= 0.6 is 22.6 Å². The maximum absolute atomic E-state index is 5.58. The van der Waals surface area contributed by atoms with Gasteiger partial charge >= 0.3 is 0 Å². The summed E-state index contributed by atoms with van der Waals surface area (Å²) in [6.07, 6.45) is 1.12. The summed E-state index contributed by atoms with van der Waals surface area (Å²) >= 11 is 2.36. The van der Waals surface area contributed by atoms with Crippen LogP contribution in [0.3, 0.4) is 0 Å². The Labute approximate surface area is 93.6 Å². The summed E-state index contributed by atoms with van der Waals surface area (Å²) in [6.45, 7) is 5.05. The number of alkyl halides is 1. The third-order valence-corrected chi connectivity index (χ3v) is 2.79. The number of halogens is 1. The quantitative estimate of drug-likeness (QED) is 0.468. The van der Waals surface area contributed by atoms with Crippen LogP contribution in [0.4, 0.5) is 0 Å². The normalized spacial score (nSPS) is 10.1. The minimum absolute atomic E-state index is 0.825. The molecule has 0 saturated heterocycles. The van der Waals surface area contributed by atoms with Gasteiger partial charge in [0.1, 0.15) is 5.75 Å². The third kappa shape index (κ3) is 3.55. The smallest absolute Gasteiger partial charge is 0.119 e. The Kier molecular flexibility index (Phi) is 4.56. The van der Waals surface area contributed by atoms with Gasteiger partial charge in [-0.3, -0.25) is 0 Å². The van der Waals surface area contributed by atoms with Gasteiger partial charge in [-0.15, -0.1) is 0 Å². The van der Waals surface area contributed by atoms with E-state index in [4.69, 9.17) is 4.74 Å². The van der Waals surface area contributed by atoms with Crippen LogP contribution in [0.1, 0.15) is 17.5 Å². The second-order valence-corrected chi connectivity index (χ2v) is 4.22. The van der Waals surface area contributed by atoms with Gasteiger partial charge in [0.2, 0.25) is 0 Å². The van der Waals surface area contributed by atoms with Crippen molar-refractivity contribution in [2.45, 2.75) is 20.3 Å². The Morgan fingerprint density at radius 2 is 2.00 bits per heavy atom. The van der Waals surface area contributed by atoms with Crippen LogP contribution in [0, 0.1) is 13.8 Å². The van der Waals surface area contributed by atoms with Crippen molar-refractivity contribution in [1.82, 2.24) is 0 Å². The van der Waals surface area contributed by atoms with Crippen molar-refractivity contribution < 1.29 is 4.74 Å². The highest BCUT2D eigenvalue weighted by Crippen LogP contribution is 2.16. The summed E-state index contributed by atoms with van der Waals surface area (Å²) in [4.78, 5) is 0. The van der Waals surface area contributed by atoms with Gasteiger partial charge < -0.3 is 4.74 Å². The molecule has 0 fully saturated rings. The Bertz CT molecular complexity index is 271. The fourth-order valence-corrected chi connectivity index (χ4v) is 1.36. The first-order valence-corrected chi connectivity index (χ1v) is 6.02. The lowest BCUT2D eigenvalue weighted by atomic mass is 10.1. The first-order valence-electron chi connectivity index (χ1n) is 4.50. The molecule has 0 spiro atoms. The van der Waals surface area contributed by atoms with Crippen molar-refractivity contribution in [3.05, 3.63) is 29.3 Å². The molecule has 2 heteroatoms. The van der Waals surface area contributed by atoms with E-state index in [0.717, 1.165) is 23.2 Å². The SMILES string of the molecule is Cc1ccc(OCCCI)cc1C. The van der Waals surface area contributed by atoms with E-state index in [2.05, 4.69) is 48.6 Å². The summed E-state index contributed by atoms with van der Waals surface area (Å²) in [5, 5.41) is 0. The molecule has 0 unspecified atom stereocenters.